The van der Waals surface area contributed by atoms with Crippen LogP contribution < -0.4 is 5.32 Å². The summed E-state index contributed by atoms with van der Waals surface area (Å²) >= 11 is 0. The lowest BCUT2D eigenvalue weighted by atomic mass is 10.1. The lowest BCUT2D eigenvalue weighted by Gasteiger charge is -2.21. The van der Waals surface area contributed by atoms with Crippen LogP contribution in [0.25, 0.3) is 0 Å². The van der Waals surface area contributed by atoms with E-state index >= 15 is 0 Å². The van der Waals surface area contributed by atoms with Gasteiger partial charge in [-0.1, -0.05) is 6.07 Å². The lowest BCUT2D eigenvalue weighted by molar-refractivity contribution is 0.299. The molecule has 17 heavy (non-hydrogen) atoms. The lowest BCUT2D eigenvalue weighted by Crippen LogP contribution is -2.39. The average molecular weight is 231 g/mol. The summed E-state index contributed by atoms with van der Waals surface area (Å²) in [6, 6.07) is 5.73. The highest BCUT2D eigenvalue weighted by atomic mass is 15.2. The van der Waals surface area contributed by atoms with E-state index in [-0.39, 0.29) is 0 Å². The van der Waals surface area contributed by atoms with Gasteiger partial charge in [0.1, 0.15) is 0 Å². The van der Waals surface area contributed by atoms with E-state index in [0.29, 0.717) is 0 Å². The second-order valence-corrected chi connectivity index (χ2v) is 5.21. The molecule has 2 aliphatic rings. The van der Waals surface area contributed by atoms with Gasteiger partial charge in [0.05, 0.1) is 0 Å². The highest BCUT2D eigenvalue weighted by Gasteiger charge is 2.36. The first-order valence-corrected chi connectivity index (χ1v) is 6.80. The fourth-order valence-electron chi connectivity index (χ4n) is 3.27. The minimum absolute atomic E-state index is 0.731. The fourth-order valence-corrected chi connectivity index (χ4v) is 3.27. The Morgan fingerprint density at radius 3 is 3.24 bits per heavy atom. The summed E-state index contributed by atoms with van der Waals surface area (Å²) in [5.41, 5.74) is 1.33. The van der Waals surface area contributed by atoms with Gasteiger partial charge in [0, 0.05) is 31.0 Å². The number of hydrogen-bond acceptors (Lipinski definition) is 3. The van der Waals surface area contributed by atoms with Gasteiger partial charge in [-0.15, -0.1) is 0 Å². The summed E-state index contributed by atoms with van der Waals surface area (Å²) in [6.45, 7) is 3.71. The molecular weight excluding hydrogens is 210 g/mol. The number of hydrogen-bond donors (Lipinski definition) is 1. The van der Waals surface area contributed by atoms with Gasteiger partial charge >= 0.3 is 0 Å². The van der Waals surface area contributed by atoms with Gasteiger partial charge in [-0.05, 0) is 50.4 Å². The Bertz CT molecular complexity index is 352. The summed E-state index contributed by atoms with van der Waals surface area (Å²) in [5.74, 6) is 0. The zero-order valence-corrected chi connectivity index (χ0v) is 10.3. The van der Waals surface area contributed by atoms with Crippen molar-refractivity contribution in [3.8, 4) is 0 Å². The quantitative estimate of drug-likeness (QED) is 0.850. The van der Waals surface area contributed by atoms with E-state index in [4.69, 9.17) is 0 Å². The molecule has 0 bridgehead atoms. The standard InChI is InChI=1S/C14H21N3/c1-3-12(11-15-7-1)5-8-16-13-6-10-17-9-2-4-14(13)17/h1,3,7,11,13-14,16H,2,4-6,8-10H2. The van der Waals surface area contributed by atoms with Crippen molar-refractivity contribution in [3.05, 3.63) is 30.1 Å². The zero-order chi connectivity index (χ0) is 11.5. The van der Waals surface area contributed by atoms with E-state index in [2.05, 4.69) is 21.3 Å². The first kappa shape index (κ1) is 11.2. The normalized spacial score (nSPS) is 28.5. The van der Waals surface area contributed by atoms with E-state index < -0.39 is 0 Å². The summed E-state index contributed by atoms with van der Waals surface area (Å²) in [7, 11) is 0. The molecule has 1 aromatic rings. The molecule has 92 valence electrons. The van der Waals surface area contributed by atoms with Crippen molar-refractivity contribution in [1.29, 1.82) is 0 Å². The molecule has 3 heteroatoms. The molecular formula is C14H21N3. The van der Waals surface area contributed by atoms with E-state index in [1.165, 1.54) is 37.9 Å². The number of pyridine rings is 1. The molecule has 0 aliphatic carbocycles. The van der Waals surface area contributed by atoms with Crippen molar-refractivity contribution in [3.63, 3.8) is 0 Å². The largest absolute Gasteiger partial charge is 0.312 e. The Kier molecular flexibility index (Phi) is 3.39. The van der Waals surface area contributed by atoms with Crippen LogP contribution in [0.5, 0.6) is 0 Å². The Hall–Kier alpha value is -0.930. The fraction of sp³-hybridized carbons (Fsp3) is 0.643. The minimum Gasteiger partial charge on any atom is -0.312 e. The number of nitrogens with one attached hydrogen (secondary N) is 1. The van der Waals surface area contributed by atoms with Crippen LogP contribution >= 0.6 is 0 Å². The Morgan fingerprint density at radius 2 is 2.35 bits per heavy atom. The van der Waals surface area contributed by atoms with Crippen molar-refractivity contribution in [2.75, 3.05) is 19.6 Å². The Morgan fingerprint density at radius 1 is 1.35 bits per heavy atom. The summed E-state index contributed by atoms with van der Waals surface area (Å²) in [5, 5.41) is 3.73. The van der Waals surface area contributed by atoms with Crippen LogP contribution in [0.3, 0.4) is 0 Å². The smallest absolute Gasteiger partial charge is 0.0300 e. The summed E-state index contributed by atoms with van der Waals surface area (Å²) < 4.78 is 0. The topological polar surface area (TPSA) is 28.2 Å². The third-order valence-electron chi connectivity index (χ3n) is 4.15. The van der Waals surface area contributed by atoms with Crippen LogP contribution in [0, 0.1) is 0 Å². The summed E-state index contributed by atoms with van der Waals surface area (Å²) in [4.78, 5) is 6.81. The average Bonchev–Trinajstić information content (AvgIpc) is 2.95. The SMILES string of the molecule is c1cncc(CCNC2CCN3CCCC23)c1. The maximum absolute atomic E-state index is 4.15. The highest BCUT2D eigenvalue weighted by Crippen LogP contribution is 2.27. The second kappa shape index (κ2) is 5.15. The monoisotopic (exact) mass is 231 g/mol. The zero-order valence-electron chi connectivity index (χ0n) is 10.3. The molecule has 0 aromatic carbocycles. The molecule has 2 saturated heterocycles. The van der Waals surface area contributed by atoms with Crippen molar-refractivity contribution < 1.29 is 0 Å². The van der Waals surface area contributed by atoms with Crippen molar-refractivity contribution in [2.24, 2.45) is 0 Å². The second-order valence-electron chi connectivity index (χ2n) is 5.21. The van der Waals surface area contributed by atoms with Gasteiger partial charge in [0.25, 0.3) is 0 Å². The first-order valence-electron chi connectivity index (χ1n) is 6.80. The molecule has 2 aliphatic heterocycles. The molecule has 0 saturated carbocycles. The Balaban J connectivity index is 1.46. The molecule has 1 N–H and O–H groups in total. The van der Waals surface area contributed by atoms with E-state index in [0.717, 1.165) is 25.0 Å². The molecule has 0 spiro atoms. The molecule has 0 radical (unpaired) electrons. The summed E-state index contributed by atoms with van der Waals surface area (Å²) in [6.07, 6.45) is 9.02. The highest BCUT2D eigenvalue weighted by molar-refractivity contribution is 5.09. The maximum atomic E-state index is 4.15. The maximum Gasteiger partial charge on any atom is 0.0300 e. The molecule has 0 amide bonds. The first-order chi connectivity index (χ1) is 8.43. The van der Waals surface area contributed by atoms with Crippen LogP contribution in [0.4, 0.5) is 0 Å². The van der Waals surface area contributed by atoms with Gasteiger partial charge in [-0.2, -0.15) is 0 Å². The minimum atomic E-state index is 0.731. The van der Waals surface area contributed by atoms with Gasteiger partial charge in [-0.25, -0.2) is 0 Å². The van der Waals surface area contributed by atoms with Gasteiger partial charge in [-0.3, -0.25) is 9.88 Å². The van der Waals surface area contributed by atoms with E-state index in [9.17, 15) is 0 Å². The van der Waals surface area contributed by atoms with Gasteiger partial charge < -0.3 is 5.32 Å². The number of fused-ring (bicyclic) bond motifs is 1. The van der Waals surface area contributed by atoms with Crippen molar-refractivity contribution >= 4 is 0 Å². The predicted molar refractivity (Wildman–Crippen MR) is 68.9 cm³/mol. The number of aromatic nitrogens is 1. The van der Waals surface area contributed by atoms with Gasteiger partial charge in [0.2, 0.25) is 0 Å². The molecule has 1 aromatic heterocycles. The van der Waals surface area contributed by atoms with Crippen molar-refractivity contribution in [1.82, 2.24) is 15.2 Å². The van der Waals surface area contributed by atoms with E-state index in [1.807, 2.05) is 18.5 Å². The van der Waals surface area contributed by atoms with Crippen LogP contribution in [0.15, 0.2) is 24.5 Å². The van der Waals surface area contributed by atoms with Crippen molar-refractivity contribution in [2.45, 2.75) is 37.8 Å². The number of rotatable bonds is 4. The van der Waals surface area contributed by atoms with E-state index in [1.54, 1.807) is 0 Å². The molecule has 3 nitrogen and oxygen atoms in total. The molecule has 3 heterocycles. The van der Waals surface area contributed by atoms with Crippen LogP contribution in [0.2, 0.25) is 0 Å². The molecule has 2 atom stereocenters. The molecule has 2 unspecified atom stereocenters. The molecule has 2 fully saturated rings. The number of nitrogens with zero attached hydrogens (tertiary/aromatic N) is 2. The van der Waals surface area contributed by atoms with Crippen LogP contribution in [0.1, 0.15) is 24.8 Å². The van der Waals surface area contributed by atoms with Gasteiger partial charge in [0.15, 0.2) is 0 Å². The predicted octanol–water partition coefficient (Wildman–Crippen LogP) is 1.45. The third-order valence-corrected chi connectivity index (χ3v) is 4.15. The molecule has 3 rings (SSSR count). The third kappa shape index (κ3) is 2.50. The van der Waals surface area contributed by atoms with Crippen LogP contribution in [-0.2, 0) is 6.42 Å². The Labute approximate surface area is 103 Å². The van der Waals surface area contributed by atoms with Crippen LogP contribution in [-0.4, -0.2) is 41.6 Å².